The maximum Gasteiger partial charge on any atom is 0.243 e. The fourth-order valence-corrected chi connectivity index (χ4v) is 3.89. The van der Waals surface area contributed by atoms with Crippen molar-refractivity contribution in [2.75, 3.05) is 13.1 Å². The molecule has 0 aliphatic heterocycles. The summed E-state index contributed by atoms with van der Waals surface area (Å²) in [7, 11) is 0. The minimum atomic E-state index is -1.12. The van der Waals surface area contributed by atoms with E-state index < -0.39 is 53.7 Å². The van der Waals surface area contributed by atoms with Crippen molar-refractivity contribution in [3.05, 3.63) is 18.2 Å². The van der Waals surface area contributed by atoms with Crippen LogP contribution in [0.25, 0.3) is 0 Å². The number of hydrogen-bond donors (Lipinski definition) is 10. The molecular weight excluding hydrogens is 566 g/mol. The van der Waals surface area contributed by atoms with Crippen LogP contribution in [0.3, 0.4) is 0 Å². The van der Waals surface area contributed by atoms with Gasteiger partial charge in [-0.3, -0.25) is 34.2 Å². The molecule has 0 bridgehead atoms. The molecule has 1 heterocycles. The first-order valence-electron chi connectivity index (χ1n) is 13.8. The van der Waals surface area contributed by atoms with Gasteiger partial charge in [-0.25, -0.2) is 10.5 Å². The molecule has 0 aromatic carbocycles. The Morgan fingerprint density at radius 1 is 0.953 bits per heavy atom. The van der Waals surface area contributed by atoms with Gasteiger partial charge < -0.3 is 48.2 Å². The van der Waals surface area contributed by atoms with Gasteiger partial charge in [-0.1, -0.05) is 12.8 Å². The lowest BCUT2D eigenvalue weighted by Crippen LogP contribution is -2.57. The van der Waals surface area contributed by atoms with Gasteiger partial charge in [0, 0.05) is 31.3 Å². The zero-order valence-electron chi connectivity index (χ0n) is 24.1. The van der Waals surface area contributed by atoms with Crippen molar-refractivity contribution in [2.24, 2.45) is 22.2 Å². The highest BCUT2D eigenvalue weighted by Gasteiger charge is 2.29. The van der Waals surface area contributed by atoms with Crippen LogP contribution in [0.15, 0.2) is 17.5 Å². The second-order valence-corrected chi connectivity index (χ2v) is 9.73. The van der Waals surface area contributed by atoms with Crippen LogP contribution in [-0.2, 0) is 35.2 Å². The number of H-pyrrole nitrogens is 1. The Labute approximate surface area is 248 Å². The van der Waals surface area contributed by atoms with Gasteiger partial charge in [-0.05, 0) is 32.6 Å². The molecule has 0 radical (unpaired) electrons. The number of amides is 5. The minimum Gasteiger partial charge on any atom is -0.370 e. The molecule has 0 saturated heterocycles. The number of rotatable bonds is 21. The topological polar surface area (TPSA) is 302 Å². The van der Waals surface area contributed by atoms with Crippen molar-refractivity contribution in [2.45, 2.75) is 82.5 Å². The Morgan fingerprint density at radius 2 is 1.60 bits per heavy atom. The third-order valence-electron chi connectivity index (χ3n) is 6.18. The molecule has 43 heavy (non-hydrogen) atoms. The molecule has 0 unspecified atom stereocenters. The van der Waals surface area contributed by atoms with E-state index in [1.165, 1.54) is 19.4 Å². The summed E-state index contributed by atoms with van der Waals surface area (Å²) in [6, 6.07) is -4.15. The van der Waals surface area contributed by atoms with Crippen LogP contribution in [0.1, 0.15) is 57.6 Å². The van der Waals surface area contributed by atoms with Crippen LogP contribution >= 0.6 is 0 Å². The van der Waals surface area contributed by atoms with Crippen molar-refractivity contribution < 1.29 is 34.0 Å². The van der Waals surface area contributed by atoms with Crippen LogP contribution < -0.4 is 43.9 Å². The van der Waals surface area contributed by atoms with Crippen molar-refractivity contribution in [1.82, 2.24) is 36.7 Å². The zero-order valence-corrected chi connectivity index (χ0v) is 24.1. The molecule has 0 aliphatic rings. The molecule has 240 valence electrons. The summed E-state index contributed by atoms with van der Waals surface area (Å²) in [5.41, 5.74) is 18.2. The number of hydroxylamine groups is 1. The van der Waals surface area contributed by atoms with E-state index >= 15 is 0 Å². The molecule has 0 spiro atoms. The number of imidazole rings is 1. The Balaban J connectivity index is 3.03. The molecule has 0 saturated carbocycles. The molecule has 13 N–H and O–H groups in total. The van der Waals surface area contributed by atoms with Crippen LogP contribution in [-0.4, -0.2) is 94.2 Å². The molecule has 1 aromatic heterocycles. The summed E-state index contributed by atoms with van der Waals surface area (Å²) in [6.07, 6.45) is 5.56. The van der Waals surface area contributed by atoms with Crippen LogP contribution in [0.2, 0.25) is 0 Å². The Hall–Kier alpha value is -4.58. The number of nitrogens with two attached hydrogens (primary N) is 3. The fourth-order valence-electron chi connectivity index (χ4n) is 3.89. The minimum absolute atomic E-state index is 0.0658. The highest BCUT2D eigenvalue weighted by Crippen LogP contribution is 2.09. The van der Waals surface area contributed by atoms with E-state index in [1.807, 2.05) is 0 Å². The van der Waals surface area contributed by atoms with Crippen molar-refractivity contribution >= 4 is 41.8 Å². The van der Waals surface area contributed by atoms with Gasteiger partial charge in [0.05, 0.1) is 18.9 Å². The molecule has 18 nitrogen and oxygen atoms in total. The third-order valence-corrected chi connectivity index (χ3v) is 6.18. The first kappa shape index (κ1) is 36.4. The summed E-state index contributed by atoms with van der Waals surface area (Å²) in [4.78, 5) is 84.5. The highest BCUT2D eigenvalue weighted by molar-refractivity contribution is 5.94. The van der Waals surface area contributed by atoms with E-state index in [-0.39, 0.29) is 44.7 Å². The number of nitrogens with one attached hydrogen (secondary N) is 6. The summed E-state index contributed by atoms with van der Waals surface area (Å²) in [6.45, 7) is 1.26. The first-order valence-corrected chi connectivity index (χ1v) is 13.8. The first-order chi connectivity index (χ1) is 20.5. The van der Waals surface area contributed by atoms with E-state index in [0.717, 1.165) is 0 Å². The summed E-state index contributed by atoms with van der Waals surface area (Å²) < 4.78 is 0. The number of carbonyl (C=O) groups excluding carboxylic acids is 6. The summed E-state index contributed by atoms with van der Waals surface area (Å²) in [5, 5.41) is 18.9. The maximum atomic E-state index is 13.4. The summed E-state index contributed by atoms with van der Waals surface area (Å²) >= 11 is 0. The van der Waals surface area contributed by atoms with Gasteiger partial charge in [0.15, 0.2) is 5.96 Å². The largest absolute Gasteiger partial charge is 0.370 e. The molecule has 5 amide bonds. The van der Waals surface area contributed by atoms with Crippen molar-refractivity contribution in [1.29, 1.82) is 0 Å². The van der Waals surface area contributed by atoms with Gasteiger partial charge in [0.1, 0.15) is 24.4 Å². The predicted molar refractivity (Wildman–Crippen MR) is 154 cm³/mol. The second-order valence-electron chi connectivity index (χ2n) is 9.73. The van der Waals surface area contributed by atoms with E-state index in [4.69, 9.17) is 22.4 Å². The second kappa shape index (κ2) is 20.3. The third kappa shape index (κ3) is 15.3. The number of carbonyl (C=O) groups is 6. The number of aromatic amines is 1. The van der Waals surface area contributed by atoms with Gasteiger partial charge in [-0.15, -0.1) is 0 Å². The van der Waals surface area contributed by atoms with E-state index in [2.05, 4.69) is 36.2 Å². The number of unbranched alkanes of at least 4 members (excludes halogenated alkanes) is 2. The normalized spacial score (nSPS) is 13.4. The van der Waals surface area contributed by atoms with Gasteiger partial charge in [0.2, 0.25) is 29.5 Å². The molecule has 1 aromatic rings. The quantitative estimate of drug-likeness (QED) is 0.0163. The van der Waals surface area contributed by atoms with Gasteiger partial charge >= 0.3 is 0 Å². The number of nitrogens with zero attached hydrogens (tertiary/aromatic N) is 2. The molecule has 0 fully saturated rings. The average Bonchev–Trinajstić information content (AvgIpc) is 3.49. The lowest BCUT2D eigenvalue weighted by molar-refractivity contribution is -0.134. The van der Waals surface area contributed by atoms with Crippen LogP contribution in [0.5, 0.6) is 0 Å². The Bertz CT molecular complexity index is 1080. The van der Waals surface area contributed by atoms with Crippen molar-refractivity contribution in [3.63, 3.8) is 0 Å². The highest BCUT2D eigenvalue weighted by atomic mass is 16.5. The van der Waals surface area contributed by atoms with Gasteiger partial charge in [-0.2, -0.15) is 0 Å². The van der Waals surface area contributed by atoms with E-state index in [0.29, 0.717) is 37.7 Å². The number of guanidine groups is 1. The smallest absolute Gasteiger partial charge is 0.243 e. The standard InChI is InChI=1S/C25H43N11O7/c1-15(32-21(39)11-26)22(40)34-18(6-3-2-4-8-20(38)36-43)24(42)35-19(7-5-9-30-25(27)28)23(41)33-17(13-37)10-16-12-29-14-31-16/h12-15,17-19,43H,2-11,26H2,1H3,(H,29,31)(H,32,39)(H,33,41)(H,34,40)(H,35,42)(H,36,38)(H4,27,28,30)/t15-,17-,18-,19-/m0/s1. The molecule has 1 rings (SSSR count). The molecule has 18 heteroatoms. The average molecular weight is 610 g/mol. The monoisotopic (exact) mass is 609 g/mol. The van der Waals surface area contributed by atoms with E-state index in [9.17, 15) is 28.8 Å². The SMILES string of the molecule is C[C@H](NC(=O)CN)C(=O)N[C@@H](CCCCCC(=O)NO)C(=O)N[C@@H](CCCN=C(N)N)C(=O)N[C@H](C=O)Cc1cnc[nH]1. The van der Waals surface area contributed by atoms with Crippen molar-refractivity contribution in [3.8, 4) is 0 Å². The Morgan fingerprint density at radius 3 is 2.19 bits per heavy atom. The Kier molecular flexibility index (Phi) is 17.2. The molecule has 4 atom stereocenters. The fraction of sp³-hybridized carbons (Fsp3) is 0.600. The van der Waals surface area contributed by atoms with Crippen LogP contribution in [0, 0.1) is 0 Å². The maximum absolute atomic E-state index is 13.4. The zero-order chi connectivity index (χ0) is 32.2. The molecular formula is C25H43N11O7. The number of aldehydes is 1. The van der Waals surface area contributed by atoms with E-state index in [1.54, 1.807) is 5.48 Å². The lowest BCUT2D eigenvalue weighted by Gasteiger charge is -2.25. The number of hydrogen-bond acceptors (Lipinski definition) is 10. The summed E-state index contributed by atoms with van der Waals surface area (Å²) in [5.74, 6) is -3.24. The molecule has 0 aliphatic carbocycles. The predicted octanol–water partition coefficient (Wildman–Crippen LogP) is -3.42. The number of aliphatic imine (C=N–C) groups is 1. The lowest BCUT2D eigenvalue weighted by atomic mass is 10.0. The number of aromatic nitrogens is 2. The van der Waals surface area contributed by atoms with Crippen LogP contribution in [0.4, 0.5) is 0 Å². The van der Waals surface area contributed by atoms with Gasteiger partial charge in [0.25, 0.3) is 0 Å².